The maximum atomic E-state index is 11.3. The van der Waals surface area contributed by atoms with E-state index in [9.17, 15) is 8.42 Å². The Labute approximate surface area is 196 Å². The van der Waals surface area contributed by atoms with Crippen molar-refractivity contribution in [2.75, 3.05) is 12.9 Å². The fraction of sp³-hybridized carbons (Fsp3) is 0.200. The van der Waals surface area contributed by atoms with Gasteiger partial charge in [0.05, 0.1) is 18.4 Å². The highest BCUT2D eigenvalue weighted by Gasteiger charge is 2.15. The molecule has 4 aromatic rings. The fourth-order valence-corrected chi connectivity index (χ4v) is 4.51. The van der Waals surface area contributed by atoms with E-state index >= 15 is 0 Å². The highest BCUT2D eigenvalue weighted by Crippen LogP contribution is 2.37. The Hall–Kier alpha value is -2.61. The Morgan fingerprint density at radius 1 is 0.969 bits per heavy atom. The van der Waals surface area contributed by atoms with Crippen molar-refractivity contribution >= 4 is 37.0 Å². The molecule has 0 atom stereocenters. The number of benzene rings is 3. The summed E-state index contributed by atoms with van der Waals surface area (Å²) in [6, 6.07) is 24.3. The summed E-state index contributed by atoms with van der Waals surface area (Å²) in [6.07, 6.45) is 3.73. The van der Waals surface area contributed by atoms with Crippen molar-refractivity contribution in [3.63, 3.8) is 0 Å². The first kappa shape index (κ1) is 22.6. The molecule has 0 bridgehead atoms. The predicted molar refractivity (Wildman–Crippen MR) is 131 cm³/mol. The minimum absolute atomic E-state index is 0.137. The van der Waals surface area contributed by atoms with Crippen molar-refractivity contribution in [1.29, 1.82) is 0 Å². The minimum Gasteiger partial charge on any atom is -0.487 e. The normalized spacial score (nSPS) is 11.7. The molecule has 0 aliphatic heterocycles. The van der Waals surface area contributed by atoms with Crippen molar-refractivity contribution < 1.29 is 17.3 Å². The van der Waals surface area contributed by atoms with Gasteiger partial charge in [-0.3, -0.25) is 4.18 Å². The SMILES string of the molecule is CS(=O)(=O)OCCCn1cc(-c2cccc(Br)c2)c2cccc(OCc3ccccc3)c21. The molecular formula is C25H24BrNO4S. The van der Waals surface area contributed by atoms with Gasteiger partial charge in [0.15, 0.2) is 0 Å². The Bertz CT molecular complexity index is 1320. The average molecular weight is 514 g/mol. The summed E-state index contributed by atoms with van der Waals surface area (Å²) in [6.45, 7) is 1.21. The number of rotatable bonds is 9. The molecule has 0 N–H and O–H groups in total. The lowest BCUT2D eigenvalue weighted by molar-refractivity contribution is 0.303. The summed E-state index contributed by atoms with van der Waals surface area (Å²) >= 11 is 3.56. The van der Waals surface area contributed by atoms with Gasteiger partial charge >= 0.3 is 0 Å². The monoisotopic (exact) mass is 513 g/mol. The zero-order chi connectivity index (χ0) is 22.6. The number of hydrogen-bond donors (Lipinski definition) is 0. The van der Waals surface area contributed by atoms with Crippen molar-refractivity contribution in [2.45, 2.75) is 19.6 Å². The molecule has 4 rings (SSSR count). The summed E-state index contributed by atoms with van der Waals surface area (Å²) in [5.41, 5.74) is 4.26. The maximum absolute atomic E-state index is 11.3. The third-order valence-corrected chi connectivity index (χ3v) is 6.16. The van der Waals surface area contributed by atoms with Crippen LogP contribution in [-0.2, 0) is 27.5 Å². The number of nitrogens with zero attached hydrogens (tertiary/aromatic N) is 1. The van der Waals surface area contributed by atoms with Crippen LogP contribution < -0.4 is 4.74 Å². The van der Waals surface area contributed by atoms with E-state index < -0.39 is 10.1 Å². The lowest BCUT2D eigenvalue weighted by Gasteiger charge is -2.11. The van der Waals surface area contributed by atoms with Gasteiger partial charge in [-0.05, 0) is 35.7 Å². The maximum Gasteiger partial charge on any atom is 0.264 e. The third kappa shape index (κ3) is 5.59. The molecule has 0 saturated carbocycles. The molecule has 1 aromatic heterocycles. The van der Waals surface area contributed by atoms with Gasteiger partial charge in [-0.1, -0.05) is 70.5 Å². The zero-order valence-electron chi connectivity index (χ0n) is 17.7. The Morgan fingerprint density at radius 3 is 2.50 bits per heavy atom. The molecule has 0 saturated heterocycles. The molecule has 7 heteroatoms. The lowest BCUT2D eigenvalue weighted by atomic mass is 10.0. The summed E-state index contributed by atoms with van der Waals surface area (Å²) in [5.74, 6) is 0.789. The van der Waals surface area contributed by atoms with Crippen LogP contribution in [0.4, 0.5) is 0 Å². The molecular weight excluding hydrogens is 490 g/mol. The van der Waals surface area contributed by atoms with E-state index in [0.717, 1.165) is 44.1 Å². The van der Waals surface area contributed by atoms with Crippen LogP contribution in [0, 0.1) is 0 Å². The number of para-hydroxylation sites is 1. The second kappa shape index (κ2) is 9.90. The molecule has 0 unspecified atom stereocenters. The summed E-state index contributed by atoms with van der Waals surface area (Å²) < 4.78 is 36.9. The van der Waals surface area contributed by atoms with E-state index in [1.165, 1.54) is 0 Å². The largest absolute Gasteiger partial charge is 0.487 e. The van der Waals surface area contributed by atoms with E-state index in [1.54, 1.807) is 0 Å². The van der Waals surface area contributed by atoms with Crippen LogP contribution in [0.3, 0.4) is 0 Å². The van der Waals surface area contributed by atoms with Crippen LogP contribution in [-0.4, -0.2) is 25.8 Å². The van der Waals surface area contributed by atoms with Crippen LogP contribution in [0.25, 0.3) is 22.0 Å². The number of hydrogen-bond acceptors (Lipinski definition) is 4. The highest BCUT2D eigenvalue weighted by atomic mass is 79.9. The second-order valence-corrected chi connectivity index (χ2v) is 10.1. The quantitative estimate of drug-likeness (QED) is 0.203. The van der Waals surface area contributed by atoms with Crippen LogP contribution in [0.5, 0.6) is 5.75 Å². The van der Waals surface area contributed by atoms with Crippen molar-refractivity contribution in [3.05, 3.63) is 89.0 Å². The van der Waals surface area contributed by atoms with Gasteiger partial charge in [-0.25, -0.2) is 0 Å². The topological polar surface area (TPSA) is 57.5 Å². The molecule has 0 spiro atoms. The molecule has 0 fully saturated rings. The molecule has 32 heavy (non-hydrogen) atoms. The number of ether oxygens (including phenoxy) is 1. The van der Waals surface area contributed by atoms with Crippen LogP contribution >= 0.6 is 15.9 Å². The first-order valence-electron chi connectivity index (χ1n) is 10.3. The number of aromatic nitrogens is 1. The summed E-state index contributed by atoms with van der Waals surface area (Å²) in [7, 11) is -3.45. The van der Waals surface area contributed by atoms with Crippen molar-refractivity contribution in [3.8, 4) is 16.9 Å². The smallest absolute Gasteiger partial charge is 0.264 e. The van der Waals surface area contributed by atoms with E-state index in [4.69, 9.17) is 8.92 Å². The molecule has 0 radical (unpaired) electrons. The van der Waals surface area contributed by atoms with Gasteiger partial charge in [0.1, 0.15) is 12.4 Å². The van der Waals surface area contributed by atoms with Gasteiger partial charge < -0.3 is 9.30 Å². The van der Waals surface area contributed by atoms with Crippen LogP contribution in [0.2, 0.25) is 0 Å². The minimum atomic E-state index is -3.45. The van der Waals surface area contributed by atoms with Crippen molar-refractivity contribution in [1.82, 2.24) is 4.57 Å². The van der Waals surface area contributed by atoms with E-state index in [2.05, 4.69) is 44.9 Å². The molecule has 3 aromatic carbocycles. The lowest BCUT2D eigenvalue weighted by Crippen LogP contribution is -2.07. The van der Waals surface area contributed by atoms with E-state index in [1.807, 2.05) is 54.6 Å². The zero-order valence-corrected chi connectivity index (χ0v) is 20.1. The predicted octanol–water partition coefficient (Wildman–Crippen LogP) is 6.02. The van der Waals surface area contributed by atoms with E-state index in [0.29, 0.717) is 19.6 Å². The number of aryl methyl sites for hydroxylation is 1. The number of halogens is 1. The molecule has 0 aliphatic carbocycles. The van der Waals surface area contributed by atoms with Gasteiger partial charge in [0.2, 0.25) is 0 Å². The van der Waals surface area contributed by atoms with Crippen LogP contribution in [0.15, 0.2) is 83.5 Å². The Morgan fingerprint density at radius 2 is 1.75 bits per heavy atom. The highest BCUT2D eigenvalue weighted by molar-refractivity contribution is 9.10. The van der Waals surface area contributed by atoms with Crippen molar-refractivity contribution in [2.24, 2.45) is 0 Å². The molecule has 166 valence electrons. The van der Waals surface area contributed by atoms with Gasteiger partial charge in [-0.2, -0.15) is 8.42 Å². The van der Waals surface area contributed by atoms with Gasteiger partial charge in [-0.15, -0.1) is 0 Å². The Balaban J connectivity index is 1.70. The first-order chi connectivity index (χ1) is 15.4. The second-order valence-electron chi connectivity index (χ2n) is 7.55. The molecule has 1 heterocycles. The third-order valence-electron chi connectivity index (χ3n) is 5.07. The Kier molecular flexibility index (Phi) is 6.98. The standard InChI is InChI=1S/C25H24BrNO4S/c1-32(28,29)31-15-7-14-27-17-23(20-10-5-11-21(26)16-20)22-12-6-13-24(25(22)27)30-18-19-8-3-2-4-9-19/h2-6,8-13,16-17H,7,14-15,18H2,1H3. The average Bonchev–Trinajstić information content (AvgIpc) is 3.15. The molecule has 0 amide bonds. The molecule has 0 aliphatic rings. The number of fused-ring (bicyclic) bond motifs is 1. The van der Waals surface area contributed by atoms with Crippen LogP contribution in [0.1, 0.15) is 12.0 Å². The van der Waals surface area contributed by atoms with E-state index in [-0.39, 0.29) is 6.61 Å². The van der Waals surface area contributed by atoms with Gasteiger partial charge in [0.25, 0.3) is 10.1 Å². The summed E-state index contributed by atoms with van der Waals surface area (Å²) in [4.78, 5) is 0. The first-order valence-corrected chi connectivity index (χ1v) is 12.9. The molecule has 5 nitrogen and oxygen atoms in total. The fourth-order valence-electron chi connectivity index (χ4n) is 3.69. The summed E-state index contributed by atoms with van der Waals surface area (Å²) in [5, 5.41) is 1.08. The van der Waals surface area contributed by atoms with Gasteiger partial charge in [0, 0.05) is 28.2 Å².